The van der Waals surface area contributed by atoms with Crippen molar-refractivity contribution in [3.63, 3.8) is 0 Å². The Morgan fingerprint density at radius 2 is 2.19 bits per heavy atom. The predicted molar refractivity (Wildman–Crippen MR) is 96.2 cm³/mol. The molecule has 9 heteroatoms. The summed E-state index contributed by atoms with van der Waals surface area (Å²) in [5.41, 5.74) is 0.299. The van der Waals surface area contributed by atoms with Gasteiger partial charge in [-0.05, 0) is 37.0 Å². The van der Waals surface area contributed by atoms with Gasteiger partial charge >= 0.3 is 5.69 Å². The molecule has 0 unspecified atom stereocenters. The van der Waals surface area contributed by atoms with Crippen molar-refractivity contribution in [3.05, 3.63) is 50.9 Å². The van der Waals surface area contributed by atoms with Gasteiger partial charge in [0.25, 0.3) is 0 Å². The second kappa shape index (κ2) is 7.09. The molecule has 4 rings (SSSR count). The van der Waals surface area contributed by atoms with Crippen LogP contribution in [0.4, 0.5) is 4.39 Å². The van der Waals surface area contributed by atoms with Gasteiger partial charge in [0, 0.05) is 19.5 Å². The molecule has 1 aromatic carbocycles. The lowest BCUT2D eigenvalue weighted by Gasteiger charge is -2.27. The summed E-state index contributed by atoms with van der Waals surface area (Å²) in [5.74, 6) is -0.0770. The molecule has 0 radical (unpaired) electrons. The van der Waals surface area contributed by atoms with Gasteiger partial charge < -0.3 is 10.0 Å². The van der Waals surface area contributed by atoms with Crippen LogP contribution in [0.15, 0.2) is 23.0 Å². The number of aliphatic hydroxyl groups excluding tert-OH is 1. The zero-order valence-electron chi connectivity index (χ0n) is 14.6. The number of rotatable bonds is 3. The van der Waals surface area contributed by atoms with Crippen LogP contribution in [0.2, 0.25) is 5.02 Å². The lowest BCUT2D eigenvalue weighted by Crippen LogP contribution is -2.42. The Balaban J connectivity index is 1.62. The number of aromatic nitrogens is 3. The van der Waals surface area contributed by atoms with Crippen molar-refractivity contribution in [1.82, 2.24) is 19.2 Å². The fourth-order valence-corrected chi connectivity index (χ4v) is 4.04. The standard InChI is InChI=1S/C18H20ClFN4O3/c19-13-8-11(4-5-14(13)20)9-23-18(27)24-15(2-1-3-16(24)21-23)17(26)22-7-6-12(25)10-22/h4-5,8,12,15,25H,1-3,6-7,9-10H2/t12-,15+/m0/s1. The highest BCUT2D eigenvalue weighted by Gasteiger charge is 2.35. The van der Waals surface area contributed by atoms with E-state index in [-0.39, 0.29) is 23.2 Å². The molecule has 0 bridgehead atoms. The Morgan fingerprint density at radius 1 is 1.37 bits per heavy atom. The van der Waals surface area contributed by atoms with Gasteiger partial charge in [-0.1, -0.05) is 17.7 Å². The number of hydrogen-bond donors (Lipinski definition) is 1. The second-order valence-corrected chi connectivity index (χ2v) is 7.52. The molecule has 0 spiro atoms. The fraction of sp³-hybridized carbons (Fsp3) is 0.500. The van der Waals surface area contributed by atoms with Gasteiger partial charge in [-0.2, -0.15) is 5.10 Å². The first kappa shape index (κ1) is 18.2. The Bertz CT molecular complexity index is 941. The van der Waals surface area contributed by atoms with Crippen molar-refractivity contribution in [1.29, 1.82) is 0 Å². The topological polar surface area (TPSA) is 80.4 Å². The molecule has 2 aromatic rings. The number of carbonyl (C=O) groups excluding carboxylic acids is 1. The molecule has 144 valence electrons. The minimum atomic E-state index is -0.586. The van der Waals surface area contributed by atoms with Crippen LogP contribution in [0.5, 0.6) is 0 Å². The molecular formula is C18H20ClFN4O3. The SMILES string of the molecule is O=C([C@H]1CCCc2nn(Cc3ccc(F)c(Cl)c3)c(=O)n21)N1CC[C@H](O)C1. The van der Waals surface area contributed by atoms with E-state index in [9.17, 15) is 19.1 Å². The molecule has 1 N–H and O–H groups in total. The van der Waals surface area contributed by atoms with Crippen molar-refractivity contribution >= 4 is 17.5 Å². The molecule has 2 atom stereocenters. The molecule has 7 nitrogen and oxygen atoms in total. The number of hydrogen-bond acceptors (Lipinski definition) is 4. The van der Waals surface area contributed by atoms with Gasteiger partial charge in [-0.25, -0.2) is 13.9 Å². The number of amides is 1. The van der Waals surface area contributed by atoms with Crippen LogP contribution in [-0.2, 0) is 17.8 Å². The predicted octanol–water partition coefficient (Wildman–Crippen LogP) is 1.36. The first-order chi connectivity index (χ1) is 12.9. The third kappa shape index (κ3) is 3.39. The van der Waals surface area contributed by atoms with Crippen molar-refractivity contribution in [2.45, 2.75) is 44.4 Å². The molecular weight excluding hydrogens is 375 g/mol. The van der Waals surface area contributed by atoms with E-state index in [1.54, 1.807) is 11.0 Å². The number of aliphatic hydroxyl groups is 1. The maximum atomic E-state index is 13.3. The molecule has 2 aliphatic rings. The monoisotopic (exact) mass is 394 g/mol. The number of β-amino-alcohol motifs (C(OH)–C–C–N with tert-alkyl or cyclic N) is 1. The van der Waals surface area contributed by atoms with Crippen molar-refractivity contribution in [2.75, 3.05) is 13.1 Å². The maximum Gasteiger partial charge on any atom is 0.346 e. The molecule has 1 saturated heterocycles. The summed E-state index contributed by atoms with van der Waals surface area (Å²) in [6, 6.07) is 3.69. The van der Waals surface area contributed by atoms with Crippen LogP contribution in [0.1, 0.15) is 36.7 Å². The van der Waals surface area contributed by atoms with Crippen molar-refractivity contribution in [3.8, 4) is 0 Å². The fourth-order valence-electron chi connectivity index (χ4n) is 3.83. The summed E-state index contributed by atoms with van der Waals surface area (Å²) < 4.78 is 16.1. The van der Waals surface area contributed by atoms with Crippen LogP contribution in [0.25, 0.3) is 0 Å². The Morgan fingerprint density at radius 3 is 2.89 bits per heavy atom. The Labute approximate surface area is 160 Å². The zero-order valence-corrected chi connectivity index (χ0v) is 15.4. The van der Waals surface area contributed by atoms with E-state index in [1.807, 2.05) is 0 Å². The van der Waals surface area contributed by atoms with Crippen LogP contribution < -0.4 is 5.69 Å². The summed E-state index contributed by atoms with van der Waals surface area (Å²) >= 11 is 5.81. The average molecular weight is 395 g/mol. The highest BCUT2D eigenvalue weighted by atomic mass is 35.5. The summed E-state index contributed by atoms with van der Waals surface area (Å²) in [5, 5.41) is 14.1. The Hall–Kier alpha value is -2.19. The second-order valence-electron chi connectivity index (χ2n) is 7.11. The van der Waals surface area contributed by atoms with Gasteiger partial charge in [0.1, 0.15) is 17.7 Å². The number of carbonyl (C=O) groups is 1. The number of halogens is 2. The lowest BCUT2D eigenvalue weighted by atomic mass is 10.0. The first-order valence-electron chi connectivity index (χ1n) is 9.03. The zero-order chi connectivity index (χ0) is 19.1. The molecule has 3 heterocycles. The number of aryl methyl sites for hydroxylation is 1. The van der Waals surface area contributed by atoms with E-state index in [1.165, 1.54) is 21.4 Å². The van der Waals surface area contributed by atoms with Gasteiger partial charge in [-0.15, -0.1) is 0 Å². The lowest BCUT2D eigenvalue weighted by molar-refractivity contribution is -0.134. The minimum Gasteiger partial charge on any atom is -0.391 e. The molecule has 1 aromatic heterocycles. The van der Waals surface area contributed by atoms with E-state index >= 15 is 0 Å². The Kier molecular flexibility index (Phi) is 4.77. The summed E-state index contributed by atoms with van der Waals surface area (Å²) in [7, 11) is 0. The highest BCUT2D eigenvalue weighted by Crippen LogP contribution is 2.26. The van der Waals surface area contributed by atoms with Gasteiger partial charge in [0.15, 0.2) is 0 Å². The smallest absolute Gasteiger partial charge is 0.346 e. The molecule has 1 fully saturated rings. The summed E-state index contributed by atoms with van der Waals surface area (Å²) in [6.45, 7) is 0.965. The largest absolute Gasteiger partial charge is 0.391 e. The van der Waals surface area contributed by atoms with E-state index in [2.05, 4.69) is 5.10 Å². The first-order valence-corrected chi connectivity index (χ1v) is 9.41. The quantitative estimate of drug-likeness (QED) is 0.852. The van der Waals surface area contributed by atoms with Crippen molar-refractivity contribution in [2.24, 2.45) is 0 Å². The average Bonchev–Trinajstić information content (AvgIpc) is 3.21. The third-order valence-corrected chi connectivity index (χ3v) is 5.50. The number of fused-ring (bicyclic) bond motifs is 1. The maximum absolute atomic E-state index is 13.3. The number of likely N-dealkylation sites (tertiary alicyclic amines) is 1. The van der Waals surface area contributed by atoms with Crippen LogP contribution in [-0.4, -0.2) is 49.5 Å². The molecule has 27 heavy (non-hydrogen) atoms. The molecule has 1 amide bonds. The van der Waals surface area contributed by atoms with Gasteiger partial charge in [-0.3, -0.25) is 9.36 Å². The normalized spacial score (nSPS) is 22.1. The van der Waals surface area contributed by atoms with Crippen LogP contribution in [0, 0.1) is 5.82 Å². The molecule has 0 saturated carbocycles. The van der Waals surface area contributed by atoms with Gasteiger partial charge in [0.05, 0.1) is 17.7 Å². The van der Waals surface area contributed by atoms with Crippen LogP contribution in [0.3, 0.4) is 0 Å². The summed E-state index contributed by atoms with van der Waals surface area (Å²) in [4.78, 5) is 27.4. The summed E-state index contributed by atoms with van der Waals surface area (Å²) in [6.07, 6.45) is 2.03. The van der Waals surface area contributed by atoms with Gasteiger partial charge in [0.2, 0.25) is 5.91 Å². The van der Waals surface area contributed by atoms with Crippen molar-refractivity contribution < 1.29 is 14.3 Å². The third-order valence-electron chi connectivity index (χ3n) is 5.21. The number of nitrogens with zero attached hydrogens (tertiary/aromatic N) is 4. The highest BCUT2D eigenvalue weighted by molar-refractivity contribution is 6.30. The number of benzene rings is 1. The van der Waals surface area contributed by atoms with E-state index in [0.717, 1.165) is 6.42 Å². The molecule has 0 aliphatic carbocycles. The van der Waals surface area contributed by atoms with E-state index < -0.39 is 18.0 Å². The van der Waals surface area contributed by atoms with E-state index in [4.69, 9.17) is 11.6 Å². The van der Waals surface area contributed by atoms with Crippen LogP contribution >= 0.6 is 11.6 Å². The van der Waals surface area contributed by atoms with E-state index in [0.29, 0.717) is 43.7 Å². The molecule has 2 aliphatic heterocycles. The minimum absolute atomic E-state index is 0.00910.